The maximum atomic E-state index is 12.4. The molecule has 2 aromatic rings. The lowest BCUT2D eigenvalue weighted by Gasteiger charge is -2.44. The average Bonchev–Trinajstić information content (AvgIpc) is 2.80. The van der Waals surface area contributed by atoms with Crippen molar-refractivity contribution in [3.63, 3.8) is 0 Å². The summed E-state index contributed by atoms with van der Waals surface area (Å²) in [5, 5.41) is 1.13. The Morgan fingerprint density at radius 2 is 1.37 bits per heavy atom. The van der Waals surface area contributed by atoms with Gasteiger partial charge in [0.15, 0.2) is 18.3 Å². The first-order chi connectivity index (χ1) is 16.6. The highest BCUT2D eigenvalue weighted by Gasteiger charge is 2.51. The number of hydrogen-bond donors (Lipinski definition) is 0. The van der Waals surface area contributed by atoms with E-state index < -0.39 is 54.4 Å². The summed E-state index contributed by atoms with van der Waals surface area (Å²) >= 11 is 0. The van der Waals surface area contributed by atoms with E-state index in [0.717, 1.165) is 0 Å². The van der Waals surface area contributed by atoms with Crippen molar-refractivity contribution in [1.82, 2.24) is 0 Å². The number of carbonyl (C=O) groups excluding carboxylic acids is 4. The zero-order valence-electron chi connectivity index (χ0n) is 20.4. The Balaban J connectivity index is 2.26. The molecule has 0 amide bonds. The molecule has 3 rings (SSSR count). The van der Waals surface area contributed by atoms with Crippen molar-refractivity contribution in [2.45, 2.75) is 58.2 Å². The number of methoxy groups -OCH3 is 2. The van der Waals surface area contributed by atoms with Gasteiger partial charge in [-0.25, -0.2) is 4.79 Å². The van der Waals surface area contributed by atoms with Crippen molar-refractivity contribution < 1.29 is 47.6 Å². The minimum absolute atomic E-state index is 0.316. The van der Waals surface area contributed by atoms with Gasteiger partial charge in [-0.15, -0.1) is 0 Å². The van der Waals surface area contributed by atoms with Gasteiger partial charge in [-0.2, -0.15) is 0 Å². The summed E-state index contributed by atoms with van der Waals surface area (Å²) in [5.74, 6) is -2.08. The summed E-state index contributed by atoms with van der Waals surface area (Å²) in [6, 6.07) is 8.42. The Hall–Kier alpha value is -3.66. The van der Waals surface area contributed by atoms with E-state index in [1.165, 1.54) is 35.0 Å². The highest BCUT2D eigenvalue weighted by molar-refractivity contribution is 6.06. The van der Waals surface area contributed by atoms with E-state index in [1.807, 2.05) is 0 Å². The largest absolute Gasteiger partial charge is 0.496 e. The molecule has 0 bridgehead atoms. The van der Waals surface area contributed by atoms with Gasteiger partial charge in [0.1, 0.15) is 11.9 Å². The van der Waals surface area contributed by atoms with E-state index in [1.54, 1.807) is 37.3 Å². The Kier molecular flexibility index (Phi) is 7.96. The number of carbonyl (C=O) groups is 4. The number of fused-ring (bicyclic) bond motifs is 1. The summed E-state index contributed by atoms with van der Waals surface area (Å²) in [4.78, 5) is 48.3. The quantitative estimate of drug-likeness (QED) is 0.443. The molecule has 1 saturated heterocycles. The van der Waals surface area contributed by atoms with Crippen molar-refractivity contribution >= 4 is 34.6 Å². The zero-order valence-corrected chi connectivity index (χ0v) is 20.4. The fraction of sp³-hybridized carbons (Fsp3) is 0.440. The third-order valence-electron chi connectivity index (χ3n) is 5.65. The van der Waals surface area contributed by atoms with Crippen LogP contribution in [0.3, 0.4) is 0 Å². The molecule has 35 heavy (non-hydrogen) atoms. The monoisotopic (exact) mass is 488 g/mol. The fourth-order valence-electron chi connectivity index (χ4n) is 4.37. The first kappa shape index (κ1) is 26.0. The van der Waals surface area contributed by atoms with Gasteiger partial charge >= 0.3 is 23.9 Å². The minimum atomic E-state index is -1.20. The van der Waals surface area contributed by atoms with Crippen molar-refractivity contribution in [2.75, 3.05) is 14.2 Å². The molecule has 0 radical (unpaired) electrons. The molecule has 1 aliphatic heterocycles. The molecule has 2 aromatic carbocycles. The predicted octanol–water partition coefficient (Wildman–Crippen LogP) is 2.89. The van der Waals surface area contributed by atoms with Gasteiger partial charge in [-0.1, -0.05) is 12.1 Å². The highest BCUT2D eigenvalue weighted by atomic mass is 16.6. The predicted molar refractivity (Wildman–Crippen MR) is 122 cm³/mol. The van der Waals surface area contributed by atoms with Crippen LogP contribution in [-0.4, -0.2) is 62.5 Å². The van der Waals surface area contributed by atoms with Gasteiger partial charge in [0, 0.05) is 26.3 Å². The van der Waals surface area contributed by atoms with Gasteiger partial charge in [0.25, 0.3) is 0 Å². The molecule has 0 unspecified atom stereocenters. The van der Waals surface area contributed by atoms with E-state index in [4.69, 9.17) is 28.4 Å². The van der Waals surface area contributed by atoms with Crippen LogP contribution in [0.1, 0.15) is 49.7 Å². The maximum absolute atomic E-state index is 12.4. The molecule has 1 aliphatic rings. The van der Waals surface area contributed by atoms with E-state index >= 15 is 0 Å². The standard InChI is InChI=1S/C25H28O10/c1-12-21(33-13(2)26)23(34-14(3)27)24(35-15(4)28)22(32-12)20-17-8-7-9-18(25(29)31-6)16(17)10-11-19(20)30-5/h7-12,21-24H,1-6H3/t12-,21+,22+,23+,24+/m0/s1. The van der Waals surface area contributed by atoms with Crippen LogP contribution < -0.4 is 4.74 Å². The molecule has 10 heteroatoms. The second kappa shape index (κ2) is 10.7. The lowest BCUT2D eigenvalue weighted by molar-refractivity contribution is -0.245. The second-order valence-electron chi connectivity index (χ2n) is 8.06. The van der Waals surface area contributed by atoms with E-state index in [2.05, 4.69) is 0 Å². The first-order valence-electron chi connectivity index (χ1n) is 10.9. The summed E-state index contributed by atoms with van der Waals surface area (Å²) < 4.78 is 33.3. The lowest BCUT2D eigenvalue weighted by Crippen LogP contribution is -2.57. The summed E-state index contributed by atoms with van der Waals surface area (Å²) in [6.45, 7) is 5.27. The molecule has 0 spiro atoms. The molecule has 188 valence electrons. The van der Waals surface area contributed by atoms with E-state index in [0.29, 0.717) is 27.6 Å². The van der Waals surface area contributed by atoms with Crippen molar-refractivity contribution in [3.05, 3.63) is 41.5 Å². The van der Waals surface area contributed by atoms with Crippen LogP contribution in [0.4, 0.5) is 0 Å². The highest BCUT2D eigenvalue weighted by Crippen LogP contribution is 2.44. The Bertz CT molecular complexity index is 1140. The summed E-state index contributed by atoms with van der Waals surface area (Å²) in [5.41, 5.74) is 0.781. The molecule has 1 fully saturated rings. The molecule has 0 aliphatic carbocycles. The van der Waals surface area contributed by atoms with Crippen molar-refractivity contribution in [2.24, 2.45) is 0 Å². The van der Waals surface area contributed by atoms with Crippen LogP contribution in [0.2, 0.25) is 0 Å². The minimum Gasteiger partial charge on any atom is -0.496 e. The van der Waals surface area contributed by atoms with Gasteiger partial charge in [-0.3, -0.25) is 14.4 Å². The van der Waals surface area contributed by atoms with Crippen LogP contribution in [0.15, 0.2) is 30.3 Å². The van der Waals surface area contributed by atoms with Gasteiger partial charge < -0.3 is 28.4 Å². The normalized spacial score (nSPS) is 23.8. The molecule has 10 nitrogen and oxygen atoms in total. The topological polar surface area (TPSA) is 124 Å². The molecular formula is C25H28O10. The van der Waals surface area contributed by atoms with Gasteiger partial charge in [0.05, 0.1) is 25.9 Å². The number of benzene rings is 2. The Morgan fingerprint density at radius 3 is 1.94 bits per heavy atom. The third-order valence-corrected chi connectivity index (χ3v) is 5.65. The molecule has 1 heterocycles. The van der Waals surface area contributed by atoms with Crippen LogP contribution in [0, 0.1) is 0 Å². The van der Waals surface area contributed by atoms with Crippen molar-refractivity contribution in [3.8, 4) is 5.75 Å². The zero-order chi connectivity index (χ0) is 25.9. The Labute approximate surface area is 202 Å². The van der Waals surface area contributed by atoms with E-state index in [9.17, 15) is 19.2 Å². The summed E-state index contributed by atoms with van der Waals surface area (Å²) in [6.07, 6.45) is -5.17. The maximum Gasteiger partial charge on any atom is 0.338 e. The molecule has 0 N–H and O–H groups in total. The molecular weight excluding hydrogens is 460 g/mol. The van der Waals surface area contributed by atoms with Crippen LogP contribution in [-0.2, 0) is 38.1 Å². The number of ether oxygens (including phenoxy) is 6. The smallest absolute Gasteiger partial charge is 0.338 e. The van der Waals surface area contributed by atoms with Crippen molar-refractivity contribution in [1.29, 1.82) is 0 Å². The SMILES string of the molecule is COC(=O)c1cccc2c([C@H]3O[C@@H](C)[C@@H](OC(C)=O)[C@@H](OC(C)=O)[C@@H]3OC(C)=O)c(OC)ccc12. The third kappa shape index (κ3) is 5.37. The molecule has 0 saturated carbocycles. The van der Waals surface area contributed by atoms with Crippen LogP contribution in [0.25, 0.3) is 10.8 Å². The number of esters is 4. The van der Waals surface area contributed by atoms with Gasteiger partial charge in [-0.05, 0) is 35.9 Å². The van der Waals surface area contributed by atoms with Gasteiger partial charge in [0.2, 0.25) is 0 Å². The average molecular weight is 488 g/mol. The second-order valence-corrected chi connectivity index (χ2v) is 8.06. The van der Waals surface area contributed by atoms with E-state index in [-0.39, 0.29) is 0 Å². The fourth-order valence-corrected chi connectivity index (χ4v) is 4.37. The molecule has 5 atom stereocenters. The number of rotatable bonds is 6. The number of hydrogen-bond acceptors (Lipinski definition) is 10. The molecule has 0 aromatic heterocycles. The lowest BCUT2D eigenvalue weighted by atomic mass is 9.87. The summed E-state index contributed by atoms with van der Waals surface area (Å²) in [7, 11) is 2.75. The Morgan fingerprint density at radius 1 is 0.771 bits per heavy atom. The first-order valence-corrected chi connectivity index (χ1v) is 10.9. The van der Waals surface area contributed by atoms with Crippen LogP contribution >= 0.6 is 0 Å². The van der Waals surface area contributed by atoms with Crippen LogP contribution in [0.5, 0.6) is 5.75 Å².